The summed E-state index contributed by atoms with van der Waals surface area (Å²) in [5.74, 6) is -0.912. The van der Waals surface area contributed by atoms with E-state index < -0.39 is 28.5 Å². The van der Waals surface area contributed by atoms with E-state index >= 15 is 0 Å². The van der Waals surface area contributed by atoms with E-state index in [9.17, 15) is 18.0 Å². The van der Waals surface area contributed by atoms with Crippen molar-refractivity contribution in [3.8, 4) is 0 Å². The lowest BCUT2D eigenvalue weighted by Crippen LogP contribution is -2.53. The van der Waals surface area contributed by atoms with E-state index in [2.05, 4.69) is 5.32 Å². The predicted octanol–water partition coefficient (Wildman–Crippen LogP) is 7.71. The number of benzene rings is 4. The fourth-order valence-electron chi connectivity index (χ4n) is 4.85. The Morgan fingerprint density at radius 1 is 0.826 bits per heavy atom. The number of hydrogen-bond acceptors (Lipinski definition) is 4. The molecule has 4 rings (SSSR count). The summed E-state index contributed by atoms with van der Waals surface area (Å²) in [5, 5.41) is 3.87. The molecule has 0 saturated heterocycles. The molecular weight excluding hydrogens is 665 g/mol. The summed E-state index contributed by atoms with van der Waals surface area (Å²) >= 11 is 18.6. The van der Waals surface area contributed by atoms with Crippen LogP contribution in [0.1, 0.15) is 36.5 Å². The molecule has 4 aromatic rings. The van der Waals surface area contributed by atoms with Crippen LogP contribution in [0.4, 0.5) is 5.69 Å². The van der Waals surface area contributed by atoms with E-state index in [0.29, 0.717) is 11.6 Å². The average molecular weight is 701 g/mol. The van der Waals surface area contributed by atoms with Gasteiger partial charge in [-0.25, -0.2) is 8.42 Å². The number of carbonyl (C=O) groups is 2. The molecule has 0 aliphatic heterocycles. The van der Waals surface area contributed by atoms with Crippen LogP contribution in [0.3, 0.4) is 0 Å². The van der Waals surface area contributed by atoms with Crippen LogP contribution in [0, 0.1) is 6.92 Å². The fourth-order valence-corrected chi connectivity index (χ4v) is 6.68. The summed E-state index contributed by atoms with van der Waals surface area (Å²) in [7, 11) is -4.26. The molecule has 11 heteroatoms. The maximum absolute atomic E-state index is 14.5. The number of nitrogens with zero attached hydrogens (tertiary/aromatic N) is 2. The van der Waals surface area contributed by atoms with Gasteiger partial charge in [0.05, 0.1) is 20.6 Å². The van der Waals surface area contributed by atoms with Crippen LogP contribution in [-0.4, -0.2) is 44.3 Å². The van der Waals surface area contributed by atoms with Crippen molar-refractivity contribution in [2.24, 2.45) is 0 Å². The number of nitrogens with one attached hydrogen (secondary N) is 1. The third-order valence-corrected chi connectivity index (χ3v) is 10.2. The number of unbranched alkanes of at least 4 members (excludes halogenated alkanes) is 1. The highest BCUT2D eigenvalue weighted by molar-refractivity contribution is 7.92. The molecule has 0 spiro atoms. The lowest BCUT2D eigenvalue weighted by molar-refractivity contribution is -0.140. The van der Waals surface area contributed by atoms with Crippen molar-refractivity contribution in [3.05, 3.63) is 129 Å². The second-order valence-electron chi connectivity index (χ2n) is 10.9. The largest absolute Gasteiger partial charge is 0.354 e. The van der Waals surface area contributed by atoms with Crippen molar-refractivity contribution in [1.82, 2.24) is 10.2 Å². The van der Waals surface area contributed by atoms with Crippen LogP contribution in [-0.2, 0) is 32.6 Å². The Hall–Kier alpha value is -3.56. The molecule has 4 aromatic carbocycles. The molecule has 1 N–H and O–H groups in total. The Bertz CT molecular complexity index is 1740. The highest BCUT2D eigenvalue weighted by Crippen LogP contribution is 2.31. The second kappa shape index (κ2) is 16.3. The molecule has 7 nitrogen and oxygen atoms in total. The molecule has 46 heavy (non-hydrogen) atoms. The zero-order valence-corrected chi connectivity index (χ0v) is 28.7. The van der Waals surface area contributed by atoms with Gasteiger partial charge >= 0.3 is 0 Å². The maximum atomic E-state index is 14.5. The maximum Gasteiger partial charge on any atom is 0.264 e. The van der Waals surface area contributed by atoms with Crippen molar-refractivity contribution >= 4 is 62.3 Å². The highest BCUT2D eigenvalue weighted by atomic mass is 35.5. The van der Waals surface area contributed by atoms with Crippen LogP contribution in [0.25, 0.3) is 0 Å². The monoisotopic (exact) mass is 699 g/mol. The molecule has 0 radical (unpaired) electrons. The Balaban J connectivity index is 1.80. The van der Waals surface area contributed by atoms with E-state index in [1.807, 2.05) is 44.2 Å². The Labute approximate surface area is 286 Å². The molecule has 0 aliphatic carbocycles. The van der Waals surface area contributed by atoms with Crippen molar-refractivity contribution in [1.29, 1.82) is 0 Å². The van der Waals surface area contributed by atoms with E-state index in [4.69, 9.17) is 34.8 Å². The molecule has 2 amide bonds. The summed E-state index contributed by atoms with van der Waals surface area (Å²) in [6.45, 7) is 3.75. The molecule has 242 valence electrons. The minimum absolute atomic E-state index is 0.000585. The number of hydrogen-bond donors (Lipinski definition) is 1. The quantitative estimate of drug-likeness (QED) is 0.137. The Morgan fingerprint density at radius 3 is 2.13 bits per heavy atom. The van der Waals surface area contributed by atoms with Gasteiger partial charge in [-0.2, -0.15) is 0 Å². The van der Waals surface area contributed by atoms with Gasteiger partial charge in [0.25, 0.3) is 10.0 Å². The van der Waals surface area contributed by atoms with Crippen LogP contribution < -0.4 is 9.62 Å². The number of anilines is 1. The SMILES string of the molecule is CCCCNC(=O)[C@@H](Cc1ccccc1)N(Cc1ccc(Cl)cc1)C(=O)CN(c1ccc(Cl)c(Cl)c1)S(=O)(=O)c1ccc(C)cc1. The molecule has 0 aliphatic rings. The predicted molar refractivity (Wildman–Crippen MR) is 186 cm³/mol. The normalized spacial score (nSPS) is 11.9. The molecule has 0 aromatic heterocycles. The van der Waals surface area contributed by atoms with Crippen molar-refractivity contribution < 1.29 is 18.0 Å². The molecule has 0 unspecified atom stereocenters. The van der Waals surface area contributed by atoms with E-state index in [1.165, 1.54) is 35.2 Å². The van der Waals surface area contributed by atoms with Gasteiger partial charge in [0.2, 0.25) is 11.8 Å². The van der Waals surface area contributed by atoms with Gasteiger partial charge in [0.15, 0.2) is 0 Å². The number of sulfonamides is 1. The van der Waals surface area contributed by atoms with Crippen LogP contribution in [0.15, 0.2) is 102 Å². The number of carbonyl (C=O) groups excluding carboxylic acids is 2. The lowest BCUT2D eigenvalue weighted by Gasteiger charge is -2.34. The minimum atomic E-state index is -4.26. The first-order valence-electron chi connectivity index (χ1n) is 14.9. The first-order chi connectivity index (χ1) is 22.0. The van der Waals surface area contributed by atoms with Crippen molar-refractivity contribution in [3.63, 3.8) is 0 Å². The molecular formula is C35H36Cl3N3O4S. The summed E-state index contributed by atoms with van der Waals surface area (Å²) in [5.41, 5.74) is 2.60. The zero-order chi connectivity index (χ0) is 33.3. The van der Waals surface area contributed by atoms with Crippen LogP contribution >= 0.6 is 34.8 Å². The Kier molecular flexibility index (Phi) is 12.5. The summed E-state index contributed by atoms with van der Waals surface area (Å²) in [6, 6.07) is 26.1. The zero-order valence-electron chi connectivity index (χ0n) is 25.6. The number of halogens is 3. The Morgan fingerprint density at radius 2 is 1.50 bits per heavy atom. The highest BCUT2D eigenvalue weighted by Gasteiger charge is 2.34. The first-order valence-corrected chi connectivity index (χ1v) is 17.5. The lowest BCUT2D eigenvalue weighted by atomic mass is 10.0. The topological polar surface area (TPSA) is 86.8 Å². The third-order valence-electron chi connectivity index (χ3n) is 7.45. The van der Waals surface area contributed by atoms with Crippen LogP contribution in [0.5, 0.6) is 0 Å². The minimum Gasteiger partial charge on any atom is -0.354 e. The molecule has 0 saturated carbocycles. The third kappa shape index (κ3) is 9.26. The van der Waals surface area contributed by atoms with Gasteiger partial charge in [-0.3, -0.25) is 13.9 Å². The smallest absolute Gasteiger partial charge is 0.264 e. The van der Waals surface area contributed by atoms with Gasteiger partial charge in [-0.05, 0) is 66.9 Å². The second-order valence-corrected chi connectivity index (χ2v) is 14.0. The van der Waals surface area contributed by atoms with Gasteiger partial charge < -0.3 is 10.2 Å². The van der Waals surface area contributed by atoms with Crippen molar-refractivity contribution in [2.45, 2.75) is 50.6 Å². The van der Waals surface area contributed by atoms with Gasteiger partial charge in [0, 0.05) is 24.5 Å². The number of aryl methyl sites for hydroxylation is 1. The standard InChI is InChI=1S/C35H36Cl3N3O4S/c1-3-4-20-39-35(43)33(21-26-8-6-5-7-9-26)40(23-27-12-14-28(36)15-13-27)34(42)24-41(29-16-19-31(37)32(38)22-29)46(44,45)30-17-10-25(2)11-18-30/h5-19,22,33H,3-4,20-21,23-24H2,1-2H3,(H,39,43)/t33-/m1/s1. The van der Waals surface area contributed by atoms with E-state index in [0.717, 1.165) is 33.8 Å². The molecule has 1 atom stereocenters. The molecule has 0 fully saturated rings. The van der Waals surface area contributed by atoms with Gasteiger partial charge in [-0.1, -0.05) is 108 Å². The van der Waals surface area contributed by atoms with Gasteiger partial charge in [-0.15, -0.1) is 0 Å². The first kappa shape index (κ1) is 35.3. The van der Waals surface area contributed by atoms with Gasteiger partial charge in [0.1, 0.15) is 12.6 Å². The summed E-state index contributed by atoms with van der Waals surface area (Å²) < 4.78 is 29.3. The number of rotatable bonds is 14. The average Bonchev–Trinajstić information content (AvgIpc) is 3.04. The van der Waals surface area contributed by atoms with Crippen molar-refractivity contribution in [2.75, 3.05) is 17.4 Å². The number of amides is 2. The summed E-state index contributed by atoms with van der Waals surface area (Å²) in [4.78, 5) is 29.8. The summed E-state index contributed by atoms with van der Waals surface area (Å²) in [6.07, 6.45) is 1.87. The molecule has 0 bridgehead atoms. The van der Waals surface area contributed by atoms with Crippen LogP contribution in [0.2, 0.25) is 15.1 Å². The molecule has 0 heterocycles. The van der Waals surface area contributed by atoms with E-state index in [-0.39, 0.29) is 39.5 Å². The van der Waals surface area contributed by atoms with E-state index in [1.54, 1.807) is 36.4 Å². The fraction of sp³-hybridized carbons (Fsp3) is 0.257.